The van der Waals surface area contributed by atoms with Crippen LogP contribution in [0.2, 0.25) is 5.02 Å². The Hall–Kier alpha value is -2.61. The predicted octanol–water partition coefficient (Wildman–Crippen LogP) is 4.32. The maximum absolute atomic E-state index is 12.4. The zero-order valence-electron chi connectivity index (χ0n) is 15.5. The second kappa shape index (κ2) is 9.73. The number of halogens is 2. The van der Waals surface area contributed by atoms with E-state index in [-0.39, 0.29) is 18.3 Å². The Morgan fingerprint density at radius 1 is 1.21 bits per heavy atom. The van der Waals surface area contributed by atoms with Crippen molar-refractivity contribution in [2.24, 2.45) is 0 Å². The summed E-state index contributed by atoms with van der Waals surface area (Å²) in [5.41, 5.74) is 0.953. The van der Waals surface area contributed by atoms with Crippen LogP contribution in [0.15, 0.2) is 54.9 Å². The average molecular weight is 434 g/mol. The SMILES string of the molecule is Cl.O=C(Nc1ccc(Oc2ccc(Cl)cc2)nc1)c1ccn(C2CCCNC2)n1. The number of carbonyl (C=O) groups is 1. The zero-order valence-corrected chi connectivity index (χ0v) is 17.1. The third-order valence-electron chi connectivity index (χ3n) is 4.52. The number of piperidine rings is 1. The number of aromatic nitrogens is 3. The molecule has 152 valence electrons. The predicted molar refractivity (Wildman–Crippen MR) is 114 cm³/mol. The first-order valence-electron chi connectivity index (χ1n) is 9.14. The Morgan fingerprint density at radius 3 is 2.72 bits per heavy atom. The lowest BCUT2D eigenvalue weighted by Gasteiger charge is -2.22. The molecule has 1 saturated heterocycles. The molecule has 4 rings (SSSR count). The quantitative estimate of drug-likeness (QED) is 0.625. The van der Waals surface area contributed by atoms with Gasteiger partial charge < -0.3 is 15.4 Å². The number of hydrogen-bond donors (Lipinski definition) is 2. The topological polar surface area (TPSA) is 81.1 Å². The van der Waals surface area contributed by atoms with Crippen LogP contribution in [0.1, 0.15) is 29.4 Å². The van der Waals surface area contributed by atoms with E-state index < -0.39 is 0 Å². The van der Waals surface area contributed by atoms with E-state index in [4.69, 9.17) is 16.3 Å². The molecule has 9 heteroatoms. The van der Waals surface area contributed by atoms with Crippen molar-refractivity contribution < 1.29 is 9.53 Å². The zero-order chi connectivity index (χ0) is 19.3. The monoisotopic (exact) mass is 433 g/mol. The van der Waals surface area contributed by atoms with Gasteiger partial charge in [-0.25, -0.2) is 4.98 Å². The van der Waals surface area contributed by atoms with Crippen molar-refractivity contribution in [1.82, 2.24) is 20.1 Å². The highest BCUT2D eigenvalue weighted by Gasteiger charge is 2.17. The Bertz CT molecular complexity index is 938. The van der Waals surface area contributed by atoms with E-state index in [1.807, 2.05) is 10.9 Å². The summed E-state index contributed by atoms with van der Waals surface area (Å²) in [5.74, 6) is 0.793. The van der Waals surface area contributed by atoms with Crippen molar-refractivity contribution >= 4 is 35.6 Å². The molecule has 7 nitrogen and oxygen atoms in total. The van der Waals surface area contributed by atoms with Gasteiger partial charge in [0.05, 0.1) is 17.9 Å². The van der Waals surface area contributed by atoms with Gasteiger partial charge in [0.15, 0.2) is 5.69 Å². The Kier molecular flexibility index (Phi) is 7.09. The van der Waals surface area contributed by atoms with E-state index in [0.717, 1.165) is 25.9 Å². The lowest BCUT2D eigenvalue weighted by molar-refractivity contribution is 0.102. The summed E-state index contributed by atoms with van der Waals surface area (Å²) in [6.45, 7) is 1.91. The summed E-state index contributed by atoms with van der Waals surface area (Å²) >= 11 is 5.86. The molecule has 1 amide bonds. The molecule has 3 heterocycles. The van der Waals surface area contributed by atoms with E-state index in [0.29, 0.717) is 34.1 Å². The van der Waals surface area contributed by atoms with Crippen LogP contribution in [-0.2, 0) is 0 Å². The molecule has 0 radical (unpaired) electrons. The first-order valence-corrected chi connectivity index (χ1v) is 9.52. The number of amides is 1. The maximum atomic E-state index is 12.4. The van der Waals surface area contributed by atoms with Crippen LogP contribution in [0, 0.1) is 0 Å². The van der Waals surface area contributed by atoms with Gasteiger partial charge in [-0.15, -0.1) is 12.4 Å². The average Bonchev–Trinajstić information content (AvgIpc) is 3.22. The molecule has 1 atom stereocenters. The summed E-state index contributed by atoms with van der Waals surface area (Å²) in [6.07, 6.45) is 5.58. The van der Waals surface area contributed by atoms with E-state index in [1.165, 1.54) is 0 Å². The number of carbonyl (C=O) groups excluding carboxylic acids is 1. The smallest absolute Gasteiger partial charge is 0.276 e. The number of nitrogens with zero attached hydrogens (tertiary/aromatic N) is 3. The molecule has 0 saturated carbocycles. The number of hydrogen-bond acceptors (Lipinski definition) is 5. The van der Waals surface area contributed by atoms with Gasteiger partial charge in [-0.2, -0.15) is 5.10 Å². The van der Waals surface area contributed by atoms with Gasteiger partial charge in [-0.3, -0.25) is 9.48 Å². The van der Waals surface area contributed by atoms with Gasteiger partial charge in [-0.1, -0.05) is 11.6 Å². The second-order valence-corrected chi connectivity index (χ2v) is 7.01. The van der Waals surface area contributed by atoms with Crippen LogP contribution in [-0.4, -0.2) is 33.8 Å². The molecule has 1 aromatic carbocycles. The van der Waals surface area contributed by atoms with E-state index in [9.17, 15) is 4.79 Å². The van der Waals surface area contributed by atoms with Crippen LogP contribution >= 0.6 is 24.0 Å². The summed E-state index contributed by atoms with van der Waals surface area (Å²) in [6, 6.07) is 12.5. The molecular formula is C20H21Cl2N5O2. The molecular weight excluding hydrogens is 413 g/mol. The molecule has 3 aromatic rings. The molecule has 0 bridgehead atoms. The molecule has 1 fully saturated rings. The molecule has 1 unspecified atom stereocenters. The Balaban J connectivity index is 0.00000240. The fourth-order valence-corrected chi connectivity index (χ4v) is 3.18. The molecule has 29 heavy (non-hydrogen) atoms. The third-order valence-corrected chi connectivity index (χ3v) is 4.77. The van der Waals surface area contributed by atoms with E-state index in [2.05, 4.69) is 20.7 Å². The first kappa shape index (κ1) is 21.1. The van der Waals surface area contributed by atoms with E-state index in [1.54, 1.807) is 48.7 Å². The van der Waals surface area contributed by atoms with Crippen molar-refractivity contribution in [2.75, 3.05) is 18.4 Å². The lowest BCUT2D eigenvalue weighted by Crippen LogP contribution is -2.32. The highest BCUT2D eigenvalue weighted by atomic mass is 35.5. The summed E-state index contributed by atoms with van der Waals surface area (Å²) < 4.78 is 7.51. The van der Waals surface area contributed by atoms with Gasteiger partial charge >= 0.3 is 0 Å². The van der Waals surface area contributed by atoms with Gasteiger partial charge in [0.2, 0.25) is 5.88 Å². The highest BCUT2D eigenvalue weighted by Crippen LogP contribution is 2.22. The van der Waals surface area contributed by atoms with Crippen LogP contribution < -0.4 is 15.4 Å². The fraction of sp³-hybridized carbons (Fsp3) is 0.250. The third kappa shape index (κ3) is 5.47. The number of benzene rings is 1. The normalized spacial score (nSPS) is 16.0. The first-order chi connectivity index (χ1) is 13.7. The van der Waals surface area contributed by atoms with Crippen LogP contribution in [0.3, 0.4) is 0 Å². The van der Waals surface area contributed by atoms with Crippen molar-refractivity contribution in [2.45, 2.75) is 18.9 Å². The van der Waals surface area contributed by atoms with Crippen LogP contribution in [0.5, 0.6) is 11.6 Å². The molecule has 1 aliphatic rings. The standard InChI is InChI=1S/C20H20ClN5O2.ClH/c21-14-3-6-17(7-4-14)28-19-8-5-15(12-23-19)24-20(27)18-9-11-26(25-18)16-2-1-10-22-13-16;/h3-9,11-12,16,22H,1-2,10,13H2,(H,24,27);1H. The van der Waals surface area contributed by atoms with Gasteiger partial charge in [0.1, 0.15) is 5.75 Å². The number of ether oxygens (including phenoxy) is 1. The summed E-state index contributed by atoms with van der Waals surface area (Å²) in [5, 5.41) is 11.2. The van der Waals surface area contributed by atoms with Crippen LogP contribution in [0.4, 0.5) is 5.69 Å². The second-order valence-electron chi connectivity index (χ2n) is 6.58. The minimum atomic E-state index is -0.268. The summed E-state index contributed by atoms with van der Waals surface area (Å²) in [7, 11) is 0. The molecule has 2 N–H and O–H groups in total. The minimum Gasteiger partial charge on any atom is -0.439 e. The van der Waals surface area contributed by atoms with E-state index >= 15 is 0 Å². The van der Waals surface area contributed by atoms with Crippen molar-refractivity contribution in [3.8, 4) is 11.6 Å². The fourth-order valence-electron chi connectivity index (χ4n) is 3.05. The highest BCUT2D eigenvalue weighted by molar-refractivity contribution is 6.30. The number of anilines is 1. The van der Waals surface area contributed by atoms with Crippen LogP contribution in [0.25, 0.3) is 0 Å². The Morgan fingerprint density at radius 2 is 2.03 bits per heavy atom. The number of rotatable bonds is 5. The lowest BCUT2D eigenvalue weighted by atomic mass is 10.1. The van der Waals surface area contributed by atoms with Crippen molar-refractivity contribution in [3.63, 3.8) is 0 Å². The summed E-state index contributed by atoms with van der Waals surface area (Å²) in [4.78, 5) is 16.7. The Labute approximate surface area is 179 Å². The number of nitrogens with one attached hydrogen (secondary N) is 2. The number of pyridine rings is 1. The molecule has 0 spiro atoms. The van der Waals surface area contributed by atoms with Gasteiger partial charge in [0, 0.05) is 23.8 Å². The van der Waals surface area contributed by atoms with Crippen molar-refractivity contribution in [3.05, 3.63) is 65.6 Å². The largest absolute Gasteiger partial charge is 0.439 e. The molecule has 1 aliphatic heterocycles. The maximum Gasteiger partial charge on any atom is 0.276 e. The molecule has 0 aliphatic carbocycles. The van der Waals surface area contributed by atoms with Gasteiger partial charge in [0.25, 0.3) is 5.91 Å². The van der Waals surface area contributed by atoms with Gasteiger partial charge in [-0.05, 0) is 55.8 Å². The molecule has 2 aromatic heterocycles. The minimum absolute atomic E-state index is 0. The van der Waals surface area contributed by atoms with Crippen molar-refractivity contribution in [1.29, 1.82) is 0 Å².